The third-order valence-corrected chi connectivity index (χ3v) is 5.41. The fraction of sp³-hybridized carbons (Fsp3) is 0.579. The Hall–Kier alpha value is -2.44. The largest absolute Gasteiger partial charge is 0.367 e. The van der Waals surface area contributed by atoms with E-state index < -0.39 is 0 Å². The fourth-order valence-corrected chi connectivity index (χ4v) is 3.96. The molecule has 3 heterocycles. The molecule has 0 unspecified atom stereocenters. The molecule has 1 saturated carbocycles. The van der Waals surface area contributed by atoms with Gasteiger partial charge >= 0.3 is 0 Å². The van der Waals surface area contributed by atoms with Gasteiger partial charge < -0.3 is 10.2 Å². The number of piperidine rings is 1. The van der Waals surface area contributed by atoms with Crippen LogP contribution in [0.2, 0.25) is 0 Å². The number of aromatic nitrogens is 4. The van der Waals surface area contributed by atoms with Crippen molar-refractivity contribution in [2.75, 3.05) is 23.3 Å². The molecule has 26 heavy (non-hydrogen) atoms. The standard InChI is InChI=1S/C19H26N6O/c26-19(15-7-3-1-4-8-15)23-16-11-22-25(13-16)18-17(12-20-14-21-18)24-9-5-2-6-10-24/h11-15H,1-10H2,(H,23,26). The van der Waals surface area contributed by atoms with Crippen LogP contribution < -0.4 is 10.2 Å². The Balaban J connectivity index is 1.50. The second-order valence-electron chi connectivity index (χ2n) is 7.28. The lowest BCUT2D eigenvalue weighted by atomic mass is 9.89. The normalized spacial score (nSPS) is 18.7. The van der Waals surface area contributed by atoms with Crippen molar-refractivity contribution in [3.8, 4) is 5.82 Å². The van der Waals surface area contributed by atoms with Gasteiger partial charge in [-0.3, -0.25) is 4.79 Å². The second-order valence-corrected chi connectivity index (χ2v) is 7.28. The number of amides is 1. The summed E-state index contributed by atoms with van der Waals surface area (Å²) in [5.41, 5.74) is 1.73. The molecule has 1 aliphatic carbocycles. The first kappa shape index (κ1) is 17.0. The number of nitrogens with zero attached hydrogens (tertiary/aromatic N) is 5. The summed E-state index contributed by atoms with van der Waals surface area (Å²) in [5.74, 6) is 1.01. The van der Waals surface area contributed by atoms with Crippen LogP contribution in [0.25, 0.3) is 5.82 Å². The first-order valence-corrected chi connectivity index (χ1v) is 9.72. The van der Waals surface area contributed by atoms with Crippen molar-refractivity contribution in [1.29, 1.82) is 0 Å². The molecular formula is C19H26N6O. The van der Waals surface area contributed by atoms with Gasteiger partial charge in [0.1, 0.15) is 12.0 Å². The van der Waals surface area contributed by atoms with Gasteiger partial charge in [-0.1, -0.05) is 19.3 Å². The Labute approximate surface area is 153 Å². The van der Waals surface area contributed by atoms with Crippen molar-refractivity contribution in [2.24, 2.45) is 5.92 Å². The van der Waals surface area contributed by atoms with Crippen molar-refractivity contribution >= 4 is 17.3 Å². The lowest BCUT2D eigenvalue weighted by Crippen LogP contribution is -2.30. The van der Waals surface area contributed by atoms with E-state index in [0.717, 1.165) is 56.0 Å². The highest BCUT2D eigenvalue weighted by molar-refractivity contribution is 5.92. The molecule has 2 aliphatic rings. The number of carbonyl (C=O) groups is 1. The van der Waals surface area contributed by atoms with E-state index in [4.69, 9.17) is 0 Å². The molecule has 1 saturated heterocycles. The number of hydrogen-bond acceptors (Lipinski definition) is 5. The summed E-state index contributed by atoms with van der Waals surface area (Å²) < 4.78 is 1.74. The predicted octanol–water partition coefficient (Wildman–Crippen LogP) is 3.17. The predicted molar refractivity (Wildman–Crippen MR) is 100 cm³/mol. The van der Waals surface area contributed by atoms with E-state index in [2.05, 4.69) is 25.3 Å². The highest BCUT2D eigenvalue weighted by atomic mass is 16.1. The van der Waals surface area contributed by atoms with Crippen LogP contribution >= 0.6 is 0 Å². The molecule has 1 N–H and O–H groups in total. The number of anilines is 2. The van der Waals surface area contributed by atoms with Gasteiger partial charge in [-0.25, -0.2) is 14.6 Å². The van der Waals surface area contributed by atoms with Gasteiger partial charge in [0.2, 0.25) is 5.91 Å². The summed E-state index contributed by atoms with van der Waals surface area (Å²) in [4.78, 5) is 23.4. The van der Waals surface area contributed by atoms with Crippen LogP contribution in [0.4, 0.5) is 11.4 Å². The summed E-state index contributed by atoms with van der Waals surface area (Å²) in [6, 6.07) is 0. The zero-order valence-corrected chi connectivity index (χ0v) is 15.1. The average molecular weight is 354 g/mol. The maximum Gasteiger partial charge on any atom is 0.227 e. The Morgan fingerprint density at radius 3 is 2.62 bits per heavy atom. The fourth-order valence-electron chi connectivity index (χ4n) is 3.96. The number of rotatable bonds is 4. The summed E-state index contributed by atoms with van der Waals surface area (Å²) >= 11 is 0. The van der Waals surface area contributed by atoms with Crippen molar-refractivity contribution in [3.05, 3.63) is 24.9 Å². The average Bonchev–Trinajstić information content (AvgIpc) is 3.17. The van der Waals surface area contributed by atoms with Gasteiger partial charge in [0.25, 0.3) is 0 Å². The van der Waals surface area contributed by atoms with Gasteiger partial charge in [0.05, 0.1) is 24.3 Å². The van der Waals surface area contributed by atoms with E-state index in [-0.39, 0.29) is 11.8 Å². The van der Waals surface area contributed by atoms with Crippen LogP contribution in [0, 0.1) is 5.92 Å². The molecule has 0 aromatic carbocycles. The maximum absolute atomic E-state index is 12.4. The minimum Gasteiger partial charge on any atom is -0.367 e. The number of nitrogens with one attached hydrogen (secondary N) is 1. The van der Waals surface area contributed by atoms with Crippen LogP contribution in [0.5, 0.6) is 0 Å². The number of hydrogen-bond donors (Lipinski definition) is 1. The molecule has 2 aromatic rings. The summed E-state index contributed by atoms with van der Waals surface area (Å²) in [5, 5.41) is 7.45. The lowest BCUT2D eigenvalue weighted by Gasteiger charge is -2.29. The van der Waals surface area contributed by atoms with Crippen molar-refractivity contribution in [2.45, 2.75) is 51.4 Å². The van der Waals surface area contributed by atoms with Gasteiger partial charge in [-0.15, -0.1) is 0 Å². The van der Waals surface area contributed by atoms with E-state index in [0.29, 0.717) is 0 Å². The molecule has 1 amide bonds. The van der Waals surface area contributed by atoms with Crippen LogP contribution in [0.1, 0.15) is 51.4 Å². The molecule has 138 valence electrons. The van der Waals surface area contributed by atoms with Crippen molar-refractivity contribution in [3.63, 3.8) is 0 Å². The first-order chi connectivity index (χ1) is 12.8. The summed E-state index contributed by atoms with van der Waals surface area (Å²) in [6.07, 6.45) is 16.1. The molecule has 7 nitrogen and oxygen atoms in total. The molecule has 7 heteroatoms. The molecule has 4 rings (SSSR count). The number of carbonyl (C=O) groups excluding carboxylic acids is 1. The van der Waals surface area contributed by atoms with E-state index in [1.807, 2.05) is 12.4 Å². The topological polar surface area (TPSA) is 75.9 Å². The van der Waals surface area contributed by atoms with Gasteiger partial charge in [-0.05, 0) is 32.1 Å². The monoisotopic (exact) mass is 354 g/mol. The third kappa shape index (κ3) is 3.71. The molecule has 2 fully saturated rings. The molecule has 0 atom stereocenters. The molecule has 0 spiro atoms. The minimum atomic E-state index is 0.114. The maximum atomic E-state index is 12.4. The van der Waals surface area contributed by atoms with Gasteiger partial charge in [0.15, 0.2) is 5.82 Å². The zero-order chi connectivity index (χ0) is 17.8. The minimum absolute atomic E-state index is 0.114. The Kier molecular flexibility index (Phi) is 5.13. The zero-order valence-electron chi connectivity index (χ0n) is 15.1. The van der Waals surface area contributed by atoms with Crippen LogP contribution in [-0.2, 0) is 4.79 Å². The molecule has 0 radical (unpaired) electrons. The van der Waals surface area contributed by atoms with E-state index >= 15 is 0 Å². The van der Waals surface area contributed by atoms with Crippen molar-refractivity contribution < 1.29 is 4.79 Å². The molecule has 1 aliphatic heterocycles. The quantitative estimate of drug-likeness (QED) is 0.913. The molecular weight excluding hydrogens is 328 g/mol. The Morgan fingerprint density at radius 2 is 1.81 bits per heavy atom. The SMILES string of the molecule is O=C(Nc1cnn(-c2ncncc2N2CCCCC2)c1)C1CCCCC1. The second kappa shape index (κ2) is 7.85. The van der Waals surface area contributed by atoms with Crippen LogP contribution in [0.15, 0.2) is 24.9 Å². The van der Waals surface area contributed by atoms with Crippen LogP contribution in [-0.4, -0.2) is 38.7 Å². The third-order valence-electron chi connectivity index (χ3n) is 5.41. The van der Waals surface area contributed by atoms with Crippen molar-refractivity contribution in [1.82, 2.24) is 19.7 Å². The molecule has 2 aromatic heterocycles. The first-order valence-electron chi connectivity index (χ1n) is 9.72. The lowest BCUT2D eigenvalue weighted by molar-refractivity contribution is -0.120. The highest BCUT2D eigenvalue weighted by Gasteiger charge is 2.22. The van der Waals surface area contributed by atoms with E-state index in [1.54, 1.807) is 17.2 Å². The Bertz CT molecular complexity index is 746. The van der Waals surface area contributed by atoms with E-state index in [9.17, 15) is 4.79 Å². The Morgan fingerprint density at radius 1 is 1.04 bits per heavy atom. The smallest absolute Gasteiger partial charge is 0.227 e. The highest BCUT2D eigenvalue weighted by Crippen LogP contribution is 2.27. The van der Waals surface area contributed by atoms with Gasteiger partial charge in [0, 0.05) is 19.0 Å². The van der Waals surface area contributed by atoms with Gasteiger partial charge in [-0.2, -0.15) is 5.10 Å². The summed E-state index contributed by atoms with van der Waals surface area (Å²) in [7, 11) is 0. The van der Waals surface area contributed by atoms with E-state index in [1.165, 1.54) is 25.7 Å². The van der Waals surface area contributed by atoms with Crippen LogP contribution in [0.3, 0.4) is 0 Å². The summed E-state index contributed by atoms with van der Waals surface area (Å²) in [6.45, 7) is 2.04. The molecule has 0 bridgehead atoms.